The molecule has 9 heteroatoms. The third-order valence-electron chi connectivity index (χ3n) is 5.11. The highest BCUT2D eigenvalue weighted by atomic mass is 16.2. The van der Waals surface area contributed by atoms with E-state index < -0.39 is 0 Å². The maximum atomic E-state index is 12.9. The highest BCUT2D eigenvalue weighted by Gasteiger charge is 2.28. The van der Waals surface area contributed by atoms with Crippen LogP contribution in [0.1, 0.15) is 50.0 Å². The van der Waals surface area contributed by atoms with E-state index >= 15 is 0 Å². The lowest BCUT2D eigenvalue weighted by atomic mass is 10.2. The summed E-state index contributed by atoms with van der Waals surface area (Å²) in [5.74, 6) is 0.834. The standard InChI is InChI=1S/C20H21N7O2/c1-12(2)19-24-26(20(29)16-10-15(13-3-4-13)23-27(16)19)11-18(28)22-14-5-7-25-8-6-21-17(25)9-14/h5-10,12-13H,3-4,11H2,1-2H3,(H,22,28). The van der Waals surface area contributed by atoms with Crippen LogP contribution in [0.4, 0.5) is 5.69 Å². The Hall–Kier alpha value is -3.49. The second-order valence-corrected chi connectivity index (χ2v) is 7.77. The van der Waals surface area contributed by atoms with Gasteiger partial charge in [-0.2, -0.15) is 10.2 Å². The molecule has 0 unspecified atom stereocenters. The van der Waals surface area contributed by atoms with E-state index in [1.54, 1.807) is 22.8 Å². The average Bonchev–Trinajstić information content (AvgIpc) is 3.26. The highest BCUT2D eigenvalue weighted by molar-refractivity contribution is 5.91. The summed E-state index contributed by atoms with van der Waals surface area (Å²) in [6.45, 7) is 3.82. The van der Waals surface area contributed by atoms with Crippen molar-refractivity contribution in [3.63, 3.8) is 0 Å². The number of nitrogens with zero attached hydrogens (tertiary/aromatic N) is 6. The molecule has 0 aromatic carbocycles. The third-order valence-corrected chi connectivity index (χ3v) is 5.11. The topological polar surface area (TPSA) is 98.6 Å². The van der Waals surface area contributed by atoms with Crippen LogP contribution >= 0.6 is 0 Å². The molecule has 29 heavy (non-hydrogen) atoms. The number of carbonyl (C=O) groups excluding carboxylic acids is 1. The molecule has 0 radical (unpaired) electrons. The Bertz CT molecular complexity index is 1290. The molecule has 4 heterocycles. The fraction of sp³-hybridized carbons (Fsp3) is 0.350. The van der Waals surface area contributed by atoms with E-state index in [4.69, 9.17) is 0 Å². The number of fused-ring (bicyclic) bond motifs is 2. The highest BCUT2D eigenvalue weighted by Crippen LogP contribution is 2.39. The molecule has 1 saturated carbocycles. The number of anilines is 1. The van der Waals surface area contributed by atoms with E-state index in [1.165, 1.54) is 4.68 Å². The maximum Gasteiger partial charge on any atom is 0.293 e. The minimum absolute atomic E-state index is 0.0576. The van der Waals surface area contributed by atoms with Gasteiger partial charge in [-0.25, -0.2) is 14.2 Å². The molecule has 4 aromatic heterocycles. The number of imidazole rings is 1. The second-order valence-electron chi connectivity index (χ2n) is 7.77. The Kier molecular flexibility index (Phi) is 3.97. The van der Waals surface area contributed by atoms with Gasteiger partial charge in [-0.3, -0.25) is 9.59 Å². The summed E-state index contributed by atoms with van der Waals surface area (Å²) in [5.41, 5.74) is 2.44. The minimum Gasteiger partial charge on any atom is -0.324 e. The number of nitrogens with one attached hydrogen (secondary N) is 1. The molecule has 5 rings (SSSR count). The SMILES string of the molecule is CC(C)c1nn(CC(=O)Nc2ccn3ccnc3c2)c(=O)c2cc(C3CC3)nn12. The van der Waals surface area contributed by atoms with Gasteiger partial charge < -0.3 is 9.72 Å². The summed E-state index contributed by atoms with van der Waals surface area (Å²) in [6.07, 6.45) is 7.54. The lowest BCUT2D eigenvalue weighted by molar-refractivity contribution is -0.117. The van der Waals surface area contributed by atoms with Gasteiger partial charge in [0.15, 0.2) is 5.82 Å². The van der Waals surface area contributed by atoms with Crippen molar-refractivity contribution in [2.75, 3.05) is 5.32 Å². The number of hydrogen-bond donors (Lipinski definition) is 1. The summed E-state index contributed by atoms with van der Waals surface area (Å²) >= 11 is 0. The number of aromatic nitrogens is 6. The van der Waals surface area contributed by atoms with E-state index in [2.05, 4.69) is 20.5 Å². The maximum absolute atomic E-state index is 12.9. The van der Waals surface area contributed by atoms with Crippen LogP contribution in [0.5, 0.6) is 0 Å². The number of hydrogen-bond acceptors (Lipinski definition) is 5. The summed E-state index contributed by atoms with van der Waals surface area (Å²) in [4.78, 5) is 29.7. The van der Waals surface area contributed by atoms with Crippen LogP contribution in [-0.4, -0.2) is 34.7 Å². The van der Waals surface area contributed by atoms with Crippen LogP contribution < -0.4 is 10.9 Å². The zero-order valence-electron chi connectivity index (χ0n) is 16.2. The van der Waals surface area contributed by atoms with Crippen LogP contribution in [0.3, 0.4) is 0 Å². The molecule has 0 atom stereocenters. The molecular formula is C20H21N7O2. The van der Waals surface area contributed by atoms with Crippen molar-refractivity contribution >= 4 is 22.8 Å². The predicted molar refractivity (Wildman–Crippen MR) is 107 cm³/mol. The van der Waals surface area contributed by atoms with Gasteiger partial charge in [0, 0.05) is 42.2 Å². The summed E-state index contributed by atoms with van der Waals surface area (Å²) in [7, 11) is 0. The Labute approximate surface area is 166 Å². The van der Waals surface area contributed by atoms with Crippen molar-refractivity contribution in [1.29, 1.82) is 0 Å². The monoisotopic (exact) mass is 391 g/mol. The quantitative estimate of drug-likeness (QED) is 0.562. The summed E-state index contributed by atoms with van der Waals surface area (Å²) in [5, 5.41) is 11.9. The second kappa shape index (κ2) is 6.54. The molecule has 1 amide bonds. The fourth-order valence-electron chi connectivity index (χ4n) is 3.44. The van der Waals surface area contributed by atoms with Crippen LogP contribution in [-0.2, 0) is 11.3 Å². The molecule has 148 valence electrons. The number of pyridine rings is 1. The molecule has 0 saturated heterocycles. The largest absolute Gasteiger partial charge is 0.324 e. The molecule has 0 spiro atoms. The molecule has 1 aliphatic rings. The van der Waals surface area contributed by atoms with E-state index in [0.717, 1.165) is 24.2 Å². The van der Waals surface area contributed by atoms with Gasteiger partial charge in [-0.05, 0) is 25.0 Å². The van der Waals surface area contributed by atoms with Gasteiger partial charge in [-0.15, -0.1) is 0 Å². The van der Waals surface area contributed by atoms with Crippen LogP contribution in [0.25, 0.3) is 11.2 Å². The van der Waals surface area contributed by atoms with Crippen molar-refractivity contribution in [3.05, 3.63) is 58.7 Å². The predicted octanol–water partition coefficient (Wildman–Crippen LogP) is 2.18. The van der Waals surface area contributed by atoms with Gasteiger partial charge in [0.25, 0.3) is 5.56 Å². The molecule has 1 fully saturated rings. The Morgan fingerprint density at radius 1 is 1.24 bits per heavy atom. The smallest absolute Gasteiger partial charge is 0.293 e. The molecule has 0 aliphatic heterocycles. The summed E-state index contributed by atoms with van der Waals surface area (Å²) < 4.78 is 4.72. The van der Waals surface area contributed by atoms with Gasteiger partial charge in [0.2, 0.25) is 5.91 Å². The zero-order chi connectivity index (χ0) is 20.1. The first-order valence-corrected chi connectivity index (χ1v) is 9.73. The van der Waals surface area contributed by atoms with Gasteiger partial charge in [-0.1, -0.05) is 13.8 Å². The minimum atomic E-state index is -0.323. The lowest BCUT2D eigenvalue weighted by Gasteiger charge is -2.12. The van der Waals surface area contributed by atoms with Crippen molar-refractivity contribution in [2.45, 2.75) is 45.1 Å². The van der Waals surface area contributed by atoms with E-state index in [-0.39, 0.29) is 23.9 Å². The van der Waals surface area contributed by atoms with Gasteiger partial charge >= 0.3 is 0 Å². The Morgan fingerprint density at radius 2 is 2.07 bits per heavy atom. The van der Waals surface area contributed by atoms with Crippen molar-refractivity contribution in [2.24, 2.45) is 0 Å². The lowest BCUT2D eigenvalue weighted by Crippen LogP contribution is -2.32. The number of rotatable bonds is 5. The van der Waals surface area contributed by atoms with Crippen molar-refractivity contribution in [3.8, 4) is 0 Å². The number of carbonyl (C=O) groups is 1. The molecule has 9 nitrogen and oxygen atoms in total. The molecular weight excluding hydrogens is 370 g/mol. The molecule has 4 aromatic rings. The first-order chi connectivity index (χ1) is 14.0. The normalized spacial score (nSPS) is 14.2. The van der Waals surface area contributed by atoms with Crippen molar-refractivity contribution in [1.82, 2.24) is 28.8 Å². The van der Waals surface area contributed by atoms with Crippen LogP contribution in [0, 0.1) is 0 Å². The zero-order valence-corrected chi connectivity index (χ0v) is 16.2. The molecule has 0 bridgehead atoms. The average molecular weight is 391 g/mol. The Morgan fingerprint density at radius 3 is 2.83 bits per heavy atom. The third kappa shape index (κ3) is 3.18. The van der Waals surface area contributed by atoms with E-state index in [0.29, 0.717) is 22.9 Å². The van der Waals surface area contributed by atoms with E-state index in [1.807, 2.05) is 36.7 Å². The summed E-state index contributed by atoms with van der Waals surface area (Å²) in [6, 6.07) is 5.40. The Balaban J connectivity index is 1.46. The van der Waals surface area contributed by atoms with Crippen molar-refractivity contribution < 1.29 is 4.79 Å². The van der Waals surface area contributed by atoms with Gasteiger partial charge in [0.05, 0.1) is 5.69 Å². The number of amides is 1. The van der Waals surface area contributed by atoms with Crippen LogP contribution in [0.2, 0.25) is 0 Å². The molecule has 1 N–H and O–H groups in total. The van der Waals surface area contributed by atoms with Gasteiger partial charge in [0.1, 0.15) is 17.7 Å². The van der Waals surface area contributed by atoms with E-state index in [9.17, 15) is 9.59 Å². The first kappa shape index (κ1) is 17.6. The molecule has 1 aliphatic carbocycles. The first-order valence-electron chi connectivity index (χ1n) is 9.73. The fourth-order valence-corrected chi connectivity index (χ4v) is 3.44. The van der Waals surface area contributed by atoms with Crippen LogP contribution in [0.15, 0.2) is 41.6 Å².